The number of piperidine rings is 1. The number of aromatic nitrogens is 2. The van der Waals surface area contributed by atoms with E-state index in [9.17, 15) is 14.0 Å². The fourth-order valence-corrected chi connectivity index (χ4v) is 6.24. The number of hydrogen-bond acceptors (Lipinski definition) is 4. The molecule has 1 aliphatic carbocycles. The second kappa shape index (κ2) is 10.1. The van der Waals surface area contributed by atoms with Crippen molar-refractivity contribution >= 4 is 16.7 Å². The molecular weight excluding hydrogens is 469 g/mol. The number of nitrogens with one attached hydrogen (secondary N) is 1. The zero-order valence-electron chi connectivity index (χ0n) is 22.4. The van der Waals surface area contributed by atoms with Crippen molar-refractivity contribution in [2.75, 3.05) is 26.7 Å². The number of hydrogen-bond donors (Lipinski definition) is 1. The lowest BCUT2D eigenvalue weighted by Crippen LogP contribution is -2.40. The number of carbonyl (C=O) groups is 1. The summed E-state index contributed by atoms with van der Waals surface area (Å²) in [4.78, 5) is 31.3. The van der Waals surface area contributed by atoms with E-state index in [2.05, 4.69) is 27.4 Å². The first-order valence-electron chi connectivity index (χ1n) is 13.5. The second-order valence-electron chi connectivity index (χ2n) is 11.1. The molecule has 7 heteroatoms. The zero-order chi connectivity index (χ0) is 26.3. The third kappa shape index (κ3) is 5.11. The van der Waals surface area contributed by atoms with Crippen molar-refractivity contribution in [1.29, 1.82) is 0 Å². The summed E-state index contributed by atoms with van der Waals surface area (Å²) in [7, 11) is 1.55. The van der Waals surface area contributed by atoms with Gasteiger partial charge in [0.05, 0.1) is 12.7 Å². The molecule has 2 fully saturated rings. The molecule has 1 atom stereocenters. The number of methoxy groups -OCH3 is 1. The van der Waals surface area contributed by atoms with Gasteiger partial charge in [0.15, 0.2) is 5.78 Å². The van der Waals surface area contributed by atoms with Gasteiger partial charge in [-0.1, -0.05) is 18.2 Å². The van der Waals surface area contributed by atoms with Crippen LogP contribution in [0.1, 0.15) is 72.4 Å². The summed E-state index contributed by atoms with van der Waals surface area (Å²) in [5.41, 5.74) is 2.89. The Hall–Kier alpha value is -2.93. The molecule has 3 heterocycles. The van der Waals surface area contributed by atoms with E-state index in [1.807, 2.05) is 32.0 Å². The molecule has 2 aliphatic rings. The number of Topliss-reactive ketones (excluding diaryl/α,β-unsaturated/α-hetero) is 1. The molecule has 1 aromatic carbocycles. The highest BCUT2D eigenvalue weighted by molar-refractivity contribution is 6.09. The Bertz CT molecular complexity index is 1360. The third-order valence-electron chi connectivity index (χ3n) is 8.51. The predicted molar refractivity (Wildman–Crippen MR) is 145 cm³/mol. The lowest BCUT2D eigenvalue weighted by atomic mass is 9.89. The molecular formula is C30H38FN3O3. The number of H-pyrrole nitrogens is 1. The number of halogens is 1. The van der Waals surface area contributed by atoms with Crippen LogP contribution in [0.3, 0.4) is 0 Å². The summed E-state index contributed by atoms with van der Waals surface area (Å²) in [6.07, 6.45) is 4.03. The number of ether oxygens (including phenoxy) is 1. The highest BCUT2D eigenvalue weighted by Gasteiger charge is 2.45. The quantitative estimate of drug-likeness (QED) is 0.386. The van der Waals surface area contributed by atoms with Gasteiger partial charge in [-0.2, -0.15) is 0 Å². The molecule has 0 radical (unpaired) electrons. The molecule has 0 unspecified atom stereocenters. The fraction of sp³-hybridized carbons (Fsp3) is 0.533. The van der Waals surface area contributed by atoms with Crippen LogP contribution in [0, 0.1) is 19.8 Å². The summed E-state index contributed by atoms with van der Waals surface area (Å²) in [5.74, 6) is 1.03. The predicted octanol–water partition coefficient (Wildman–Crippen LogP) is 5.55. The van der Waals surface area contributed by atoms with Gasteiger partial charge in [0.2, 0.25) is 0 Å². The number of rotatable bonds is 9. The smallest absolute Gasteiger partial charge is 0.255 e. The van der Waals surface area contributed by atoms with Gasteiger partial charge in [0.1, 0.15) is 11.4 Å². The van der Waals surface area contributed by atoms with E-state index in [1.54, 1.807) is 13.2 Å². The minimum atomic E-state index is -0.936. The Morgan fingerprint density at radius 1 is 1.22 bits per heavy atom. The summed E-state index contributed by atoms with van der Waals surface area (Å²) in [5, 5.41) is 0.965. The number of fused-ring (bicyclic) bond motifs is 1. The molecule has 2 aromatic heterocycles. The van der Waals surface area contributed by atoms with Gasteiger partial charge < -0.3 is 19.2 Å². The lowest BCUT2D eigenvalue weighted by molar-refractivity contribution is 0.0982. The average molecular weight is 508 g/mol. The van der Waals surface area contributed by atoms with Crippen molar-refractivity contribution in [2.45, 2.75) is 71.0 Å². The summed E-state index contributed by atoms with van der Waals surface area (Å²) >= 11 is 0. The van der Waals surface area contributed by atoms with Crippen LogP contribution in [0.5, 0.6) is 5.75 Å². The van der Waals surface area contributed by atoms with Gasteiger partial charge in [0, 0.05) is 46.9 Å². The number of benzene rings is 1. The second-order valence-corrected chi connectivity index (χ2v) is 11.1. The zero-order valence-corrected chi connectivity index (χ0v) is 22.4. The Kier molecular flexibility index (Phi) is 7.01. The van der Waals surface area contributed by atoms with Crippen LogP contribution in [0.25, 0.3) is 10.9 Å². The van der Waals surface area contributed by atoms with Gasteiger partial charge in [-0.25, -0.2) is 4.39 Å². The van der Waals surface area contributed by atoms with E-state index in [0.29, 0.717) is 43.0 Å². The first-order chi connectivity index (χ1) is 17.7. The van der Waals surface area contributed by atoms with Gasteiger partial charge in [-0.3, -0.25) is 9.59 Å². The minimum absolute atomic E-state index is 0.0363. The van der Waals surface area contributed by atoms with Crippen LogP contribution >= 0.6 is 0 Å². The molecule has 6 nitrogen and oxygen atoms in total. The maximum atomic E-state index is 14.3. The number of pyridine rings is 1. The Balaban J connectivity index is 1.37. The van der Waals surface area contributed by atoms with Crippen molar-refractivity contribution in [3.63, 3.8) is 0 Å². The molecule has 1 aliphatic heterocycles. The van der Waals surface area contributed by atoms with Crippen LogP contribution < -0.4 is 10.3 Å². The van der Waals surface area contributed by atoms with Gasteiger partial charge >= 0.3 is 0 Å². The topological polar surface area (TPSA) is 67.3 Å². The largest absolute Gasteiger partial charge is 0.496 e. The van der Waals surface area contributed by atoms with Gasteiger partial charge in [-0.05, 0) is 84.0 Å². The van der Waals surface area contributed by atoms with Crippen LogP contribution in [0.4, 0.5) is 4.39 Å². The molecule has 1 saturated carbocycles. The summed E-state index contributed by atoms with van der Waals surface area (Å²) < 4.78 is 22.0. The highest BCUT2D eigenvalue weighted by atomic mass is 19.1. The maximum absolute atomic E-state index is 14.3. The number of alkyl halides is 1. The standard InChI is InChI=1S/C30H38FN3O3/c1-19-17-27(37-4)24(29(36)32-19)9-10-26(35)28-21(3)34(25-8-6-5-7-23(25)28)20(2)22-11-15-33(16-12-22)18-30(31)13-14-30/h5-8,17,20,22H,9-16,18H2,1-4H3,(H,32,36)/t20-/m1/s1. The van der Waals surface area contributed by atoms with E-state index in [1.165, 1.54) is 0 Å². The Labute approximate surface area is 217 Å². The third-order valence-corrected chi connectivity index (χ3v) is 8.51. The first kappa shape index (κ1) is 25.7. The lowest BCUT2D eigenvalue weighted by Gasteiger charge is -2.36. The SMILES string of the molecule is COc1cc(C)[nH]c(=O)c1CCC(=O)c1c(C)n([C@H](C)C2CCN(CC3(F)CC3)CC2)c2ccccc12. The van der Waals surface area contributed by atoms with Crippen molar-refractivity contribution in [1.82, 2.24) is 14.5 Å². The van der Waals surface area contributed by atoms with Crippen LogP contribution in [-0.2, 0) is 6.42 Å². The molecule has 198 valence electrons. The van der Waals surface area contributed by atoms with E-state index in [0.717, 1.165) is 53.8 Å². The van der Waals surface area contributed by atoms with Crippen LogP contribution in [0.15, 0.2) is 35.1 Å². The van der Waals surface area contributed by atoms with Crippen molar-refractivity contribution < 1.29 is 13.9 Å². The summed E-state index contributed by atoms with van der Waals surface area (Å²) in [6.45, 7) is 8.54. The maximum Gasteiger partial charge on any atom is 0.255 e. The van der Waals surface area contributed by atoms with Crippen molar-refractivity contribution in [3.05, 3.63) is 63.2 Å². The molecule has 1 saturated heterocycles. The number of para-hydroxylation sites is 1. The number of aryl methyl sites for hydroxylation is 1. The van der Waals surface area contributed by atoms with E-state index in [-0.39, 0.29) is 23.8 Å². The van der Waals surface area contributed by atoms with E-state index >= 15 is 0 Å². The van der Waals surface area contributed by atoms with E-state index in [4.69, 9.17) is 4.74 Å². The number of ketones is 1. The number of likely N-dealkylation sites (tertiary alicyclic amines) is 1. The van der Waals surface area contributed by atoms with E-state index < -0.39 is 5.67 Å². The first-order valence-corrected chi connectivity index (χ1v) is 13.5. The van der Waals surface area contributed by atoms with Crippen LogP contribution in [0.2, 0.25) is 0 Å². The van der Waals surface area contributed by atoms with Gasteiger partial charge in [0.25, 0.3) is 5.56 Å². The van der Waals surface area contributed by atoms with Gasteiger partial charge in [-0.15, -0.1) is 0 Å². The fourth-order valence-electron chi connectivity index (χ4n) is 6.24. The average Bonchev–Trinajstić information content (AvgIpc) is 3.52. The molecule has 37 heavy (non-hydrogen) atoms. The highest BCUT2D eigenvalue weighted by Crippen LogP contribution is 2.42. The normalized spacial score (nSPS) is 18.7. The number of carbonyl (C=O) groups excluding carboxylic acids is 1. The van der Waals surface area contributed by atoms with Crippen molar-refractivity contribution in [3.8, 4) is 5.75 Å². The number of aromatic amines is 1. The Morgan fingerprint density at radius 3 is 2.59 bits per heavy atom. The molecule has 3 aromatic rings. The van der Waals surface area contributed by atoms with Crippen LogP contribution in [-0.4, -0.2) is 52.6 Å². The number of nitrogens with zero attached hydrogens (tertiary/aromatic N) is 2. The molecule has 5 rings (SSSR count). The molecule has 0 amide bonds. The molecule has 1 N–H and O–H groups in total. The Morgan fingerprint density at radius 2 is 1.92 bits per heavy atom. The molecule has 0 spiro atoms. The minimum Gasteiger partial charge on any atom is -0.496 e. The molecule has 0 bridgehead atoms. The summed E-state index contributed by atoms with van der Waals surface area (Å²) in [6, 6.07) is 10.1. The van der Waals surface area contributed by atoms with Crippen molar-refractivity contribution in [2.24, 2.45) is 5.92 Å². The monoisotopic (exact) mass is 507 g/mol.